The van der Waals surface area contributed by atoms with Crippen LogP contribution >= 0.6 is 0 Å². The molecule has 0 saturated heterocycles. The number of amides is 1. The monoisotopic (exact) mass is 292 g/mol. The number of halogens is 1. The Bertz CT molecular complexity index is 521. The molecule has 1 rings (SSSR count). The zero-order chi connectivity index (χ0) is 15.5. The molecule has 3 N–H and O–H groups in total. The summed E-state index contributed by atoms with van der Waals surface area (Å²) < 4.78 is 19.1. The fraction of sp³-hybridized carbons (Fsp3) is 0.438. The molecule has 1 aromatic rings. The zero-order valence-corrected chi connectivity index (χ0v) is 12.2. The van der Waals surface area contributed by atoms with E-state index in [4.69, 9.17) is 10.5 Å². The summed E-state index contributed by atoms with van der Waals surface area (Å²) in [6.07, 6.45) is 1.67. The molecule has 0 aliphatic heterocycles. The summed E-state index contributed by atoms with van der Waals surface area (Å²) in [5.41, 5.74) is 5.77. The van der Waals surface area contributed by atoms with Crippen molar-refractivity contribution in [2.75, 3.05) is 26.3 Å². The minimum Gasteiger partial charge on any atom is -0.381 e. The van der Waals surface area contributed by atoms with Gasteiger partial charge in [-0.1, -0.05) is 18.8 Å². The Morgan fingerprint density at radius 3 is 2.90 bits per heavy atom. The number of rotatable bonds is 7. The Labute approximate surface area is 124 Å². The van der Waals surface area contributed by atoms with Gasteiger partial charge in [-0.3, -0.25) is 4.79 Å². The van der Waals surface area contributed by atoms with Crippen molar-refractivity contribution in [2.24, 2.45) is 5.73 Å². The smallest absolute Gasteiger partial charge is 0.254 e. The van der Waals surface area contributed by atoms with Gasteiger partial charge in [0.05, 0.1) is 12.1 Å². The van der Waals surface area contributed by atoms with Crippen molar-refractivity contribution in [1.29, 1.82) is 0 Å². The van der Waals surface area contributed by atoms with Gasteiger partial charge < -0.3 is 15.8 Å². The third-order valence-electron chi connectivity index (χ3n) is 2.65. The molecule has 0 heterocycles. The van der Waals surface area contributed by atoms with Gasteiger partial charge in [-0.15, -0.1) is 0 Å². The van der Waals surface area contributed by atoms with Gasteiger partial charge in [0.15, 0.2) is 0 Å². The number of benzene rings is 1. The van der Waals surface area contributed by atoms with Crippen molar-refractivity contribution < 1.29 is 13.9 Å². The summed E-state index contributed by atoms with van der Waals surface area (Å²) in [5, 5.41) is 2.66. The van der Waals surface area contributed by atoms with Crippen LogP contribution in [-0.4, -0.2) is 32.2 Å². The van der Waals surface area contributed by atoms with E-state index in [2.05, 4.69) is 17.2 Å². The van der Waals surface area contributed by atoms with E-state index in [0.717, 1.165) is 6.42 Å². The van der Waals surface area contributed by atoms with Crippen LogP contribution in [0.4, 0.5) is 4.39 Å². The van der Waals surface area contributed by atoms with Gasteiger partial charge in [0, 0.05) is 25.3 Å². The van der Waals surface area contributed by atoms with E-state index in [9.17, 15) is 9.18 Å². The van der Waals surface area contributed by atoms with Gasteiger partial charge in [0.25, 0.3) is 5.91 Å². The van der Waals surface area contributed by atoms with E-state index in [1.165, 1.54) is 12.1 Å². The van der Waals surface area contributed by atoms with Gasteiger partial charge in [-0.25, -0.2) is 4.39 Å². The lowest BCUT2D eigenvalue weighted by Crippen LogP contribution is -2.26. The van der Waals surface area contributed by atoms with Crippen LogP contribution in [0.15, 0.2) is 18.2 Å². The van der Waals surface area contributed by atoms with Gasteiger partial charge in [-0.05, 0) is 31.0 Å². The maximum Gasteiger partial charge on any atom is 0.254 e. The molecule has 21 heavy (non-hydrogen) atoms. The molecule has 1 amide bonds. The first-order valence-electron chi connectivity index (χ1n) is 7.03. The van der Waals surface area contributed by atoms with Crippen LogP contribution in [0.1, 0.15) is 35.7 Å². The van der Waals surface area contributed by atoms with Crippen molar-refractivity contribution >= 4 is 5.91 Å². The number of hydrogen-bond acceptors (Lipinski definition) is 3. The Balaban J connectivity index is 2.47. The van der Waals surface area contributed by atoms with Crippen LogP contribution in [-0.2, 0) is 4.74 Å². The highest BCUT2D eigenvalue weighted by molar-refractivity contribution is 5.94. The largest absolute Gasteiger partial charge is 0.381 e. The summed E-state index contributed by atoms with van der Waals surface area (Å²) in [7, 11) is 0. The summed E-state index contributed by atoms with van der Waals surface area (Å²) in [5.74, 6) is 4.34. The number of carbonyl (C=O) groups is 1. The maximum atomic E-state index is 13.8. The number of hydrogen-bond donors (Lipinski definition) is 2. The topological polar surface area (TPSA) is 64.3 Å². The van der Waals surface area contributed by atoms with Gasteiger partial charge >= 0.3 is 0 Å². The van der Waals surface area contributed by atoms with Crippen molar-refractivity contribution in [1.82, 2.24) is 5.32 Å². The SMILES string of the molecule is CCCOCCCNC(=O)c1ccc(C#CCN)cc1F. The average molecular weight is 292 g/mol. The first-order valence-corrected chi connectivity index (χ1v) is 7.03. The van der Waals surface area contributed by atoms with Crippen molar-refractivity contribution in [3.8, 4) is 11.8 Å². The molecular weight excluding hydrogens is 271 g/mol. The normalized spacial score (nSPS) is 9.86. The predicted molar refractivity (Wildman–Crippen MR) is 80.4 cm³/mol. The average Bonchev–Trinajstić information content (AvgIpc) is 2.48. The molecule has 0 aliphatic rings. The van der Waals surface area contributed by atoms with Crippen molar-refractivity contribution in [3.05, 3.63) is 35.1 Å². The highest BCUT2D eigenvalue weighted by Crippen LogP contribution is 2.09. The molecule has 0 atom stereocenters. The lowest BCUT2D eigenvalue weighted by atomic mass is 10.1. The second-order valence-corrected chi connectivity index (χ2v) is 4.42. The minimum absolute atomic E-state index is 0.0165. The molecule has 0 unspecified atom stereocenters. The first-order chi connectivity index (χ1) is 10.2. The van der Waals surface area contributed by atoms with Crippen molar-refractivity contribution in [2.45, 2.75) is 19.8 Å². The standard InChI is InChI=1S/C16H21FN2O2/c1-2-10-21-11-4-9-19-16(20)14-7-6-13(5-3-8-18)12-15(14)17/h6-7,12H,2,4,8-11,18H2,1H3,(H,19,20). The molecule has 114 valence electrons. The van der Waals surface area contributed by atoms with E-state index in [0.29, 0.717) is 31.7 Å². The minimum atomic E-state index is -0.585. The molecule has 4 nitrogen and oxygen atoms in total. The van der Waals surface area contributed by atoms with Crippen LogP contribution in [0.2, 0.25) is 0 Å². The zero-order valence-electron chi connectivity index (χ0n) is 12.2. The number of carbonyl (C=O) groups excluding carboxylic acids is 1. The molecule has 0 saturated carbocycles. The second kappa shape index (κ2) is 9.92. The van der Waals surface area contributed by atoms with Crippen LogP contribution < -0.4 is 11.1 Å². The fourth-order valence-corrected chi connectivity index (χ4v) is 1.65. The number of nitrogens with one attached hydrogen (secondary N) is 1. The molecule has 0 fully saturated rings. The predicted octanol–water partition coefficient (Wildman–Crippen LogP) is 1.68. The summed E-state index contributed by atoms with van der Waals surface area (Å²) in [6, 6.07) is 4.27. The number of ether oxygens (including phenoxy) is 1. The lowest BCUT2D eigenvalue weighted by Gasteiger charge is -2.07. The first kappa shape index (κ1) is 17.2. The van der Waals surface area contributed by atoms with Crippen molar-refractivity contribution in [3.63, 3.8) is 0 Å². The Morgan fingerprint density at radius 2 is 2.24 bits per heavy atom. The lowest BCUT2D eigenvalue weighted by molar-refractivity contribution is 0.0937. The maximum absolute atomic E-state index is 13.8. The molecule has 0 radical (unpaired) electrons. The highest BCUT2D eigenvalue weighted by Gasteiger charge is 2.11. The summed E-state index contributed by atoms with van der Waals surface area (Å²) in [6.45, 7) is 4.00. The number of nitrogens with two attached hydrogens (primary N) is 1. The summed E-state index contributed by atoms with van der Waals surface area (Å²) >= 11 is 0. The van der Waals surface area contributed by atoms with Crippen LogP contribution in [0.25, 0.3) is 0 Å². The van der Waals surface area contributed by atoms with Gasteiger partial charge in [0.2, 0.25) is 0 Å². The van der Waals surface area contributed by atoms with Crippen LogP contribution in [0.5, 0.6) is 0 Å². The summed E-state index contributed by atoms with van der Waals surface area (Å²) in [4.78, 5) is 11.8. The Morgan fingerprint density at radius 1 is 1.43 bits per heavy atom. The van der Waals surface area contributed by atoms with E-state index in [1.54, 1.807) is 6.07 Å². The molecule has 0 spiro atoms. The van der Waals surface area contributed by atoms with E-state index in [1.807, 2.05) is 6.92 Å². The van der Waals surface area contributed by atoms with E-state index in [-0.39, 0.29) is 12.1 Å². The van der Waals surface area contributed by atoms with Crippen LogP contribution in [0, 0.1) is 17.7 Å². The molecular formula is C16H21FN2O2. The molecule has 0 bridgehead atoms. The fourth-order valence-electron chi connectivity index (χ4n) is 1.65. The molecule has 0 aromatic heterocycles. The van der Waals surface area contributed by atoms with E-state index < -0.39 is 11.7 Å². The Hall–Kier alpha value is -1.90. The highest BCUT2D eigenvalue weighted by atomic mass is 19.1. The Kier molecular flexibility index (Phi) is 8.10. The van der Waals surface area contributed by atoms with Crippen LogP contribution in [0.3, 0.4) is 0 Å². The third kappa shape index (κ3) is 6.39. The van der Waals surface area contributed by atoms with Gasteiger partial charge in [0.1, 0.15) is 5.82 Å². The third-order valence-corrected chi connectivity index (χ3v) is 2.65. The van der Waals surface area contributed by atoms with E-state index >= 15 is 0 Å². The molecule has 1 aromatic carbocycles. The quantitative estimate of drug-likeness (QED) is 0.593. The molecule has 5 heteroatoms. The second-order valence-electron chi connectivity index (χ2n) is 4.42. The molecule has 0 aliphatic carbocycles. The van der Waals surface area contributed by atoms with Gasteiger partial charge in [-0.2, -0.15) is 0 Å².